The number of amides is 9. The lowest BCUT2D eigenvalue weighted by atomic mass is 10.0. The van der Waals surface area contributed by atoms with E-state index < -0.39 is 83.3 Å². The summed E-state index contributed by atoms with van der Waals surface area (Å²) in [6, 6.07) is 18.5. The molecule has 506 valence electrons. The Hall–Kier alpha value is -10.2. The van der Waals surface area contributed by atoms with E-state index in [0.29, 0.717) is 84.0 Å². The van der Waals surface area contributed by atoms with E-state index in [1.54, 1.807) is 0 Å². The maximum absolute atomic E-state index is 14.4. The Kier molecular flexibility index (Phi) is 30.6. The molecule has 28 heteroatoms. The summed E-state index contributed by atoms with van der Waals surface area (Å²) in [5, 5.41) is 22.1. The van der Waals surface area contributed by atoms with Gasteiger partial charge in [-0.1, -0.05) is 18.9 Å². The molecule has 0 aliphatic carbocycles. The first-order chi connectivity index (χ1) is 45.3. The molecule has 4 atom stereocenters. The van der Waals surface area contributed by atoms with Crippen LogP contribution in [-0.4, -0.2) is 145 Å². The number of nitrogens with two attached hydrogens (primary N) is 5. The van der Waals surface area contributed by atoms with E-state index in [1.807, 2.05) is 0 Å². The molecule has 0 aliphatic heterocycles. The number of nitrogens with one attached hydrogen (secondary N) is 8. The highest BCUT2D eigenvalue weighted by atomic mass is 16.5. The monoisotopic (exact) mass is 1300 g/mol. The van der Waals surface area contributed by atoms with Gasteiger partial charge < -0.3 is 94.9 Å². The lowest BCUT2D eigenvalue weighted by Crippen LogP contribution is -2.44. The smallest absolute Gasteiger partial charge is 0.337 e. The van der Waals surface area contributed by atoms with Crippen molar-refractivity contribution in [1.82, 2.24) is 21.3 Å². The molecule has 0 fully saturated rings. The van der Waals surface area contributed by atoms with Crippen LogP contribution in [0.1, 0.15) is 146 Å². The Bertz CT molecular complexity index is 3460. The Morgan fingerprint density at radius 1 is 0.351 bits per heavy atom. The minimum Gasteiger partial charge on any atom is -0.496 e. The van der Waals surface area contributed by atoms with E-state index in [-0.39, 0.29) is 105 Å². The third-order valence-corrected chi connectivity index (χ3v) is 14.9. The van der Waals surface area contributed by atoms with E-state index in [0.717, 1.165) is 0 Å². The molecule has 0 saturated heterocycles. The Morgan fingerprint density at radius 3 is 0.947 bits per heavy atom. The highest BCUT2D eigenvalue weighted by Gasteiger charge is 2.30. The van der Waals surface area contributed by atoms with E-state index >= 15 is 0 Å². The minimum absolute atomic E-state index is 0.0290. The third kappa shape index (κ3) is 22.3. The Labute approximate surface area is 545 Å². The topological polar surface area (TPSA) is 443 Å². The summed E-state index contributed by atoms with van der Waals surface area (Å²) in [6.45, 7) is 1.36. The average Bonchev–Trinajstić information content (AvgIpc) is 0.887. The number of benzene rings is 5. The molecule has 0 radical (unpaired) electrons. The first kappa shape index (κ1) is 74.6. The predicted molar refractivity (Wildman–Crippen MR) is 354 cm³/mol. The van der Waals surface area contributed by atoms with Crippen molar-refractivity contribution in [3.8, 4) is 23.0 Å². The van der Waals surface area contributed by atoms with Crippen molar-refractivity contribution in [3.05, 3.63) is 130 Å². The third-order valence-electron chi connectivity index (χ3n) is 14.9. The van der Waals surface area contributed by atoms with Gasteiger partial charge in [-0.2, -0.15) is 0 Å². The van der Waals surface area contributed by atoms with Crippen LogP contribution in [0.3, 0.4) is 0 Å². The van der Waals surface area contributed by atoms with Crippen molar-refractivity contribution in [2.24, 2.45) is 28.7 Å². The molecular formula is C66H87N13O15. The number of methoxy groups -OCH3 is 5. The number of unbranched alkanes of at least 4 members (excludes halogenated alkanes) is 5. The predicted octanol–water partition coefficient (Wildman–Crippen LogP) is 4.46. The quantitative estimate of drug-likeness (QED) is 0.0191. The van der Waals surface area contributed by atoms with Gasteiger partial charge in [-0.05, 0) is 188 Å². The fourth-order valence-corrected chi connectivity index (χ4v) is 9.86. The zero-order valence-corrected chi connectivity index (χ0v) is 53.6. The molecule has 5 aromatic carbocycles. The Morgan fingerprint density at radius 2 is 0.638 bits per heavy atom. The van der Waals surface area contributed by atoms with Crippen molar-refractivity contribution in [1.29, 1.82) is 0 Å². The summed E-state index contributed by atoms with van der Waals surface area (Å²) < 4.78 is 26.6. The van der Waals surface area contributed by atoms with Gasteiger partial charge in [-0.3, -0.25) is 43.2 Å². The maximum Gasteiger partial charge on any atom is 0.337 e. The molecule has 0 bridgehead atoms. The van der Waals surface area contributed by atoms with E-state index in [2.05, 4.69) is 42.5 Å². The van der Waals surface area contributed by atoms with Gasteiger partial charge in [0.1, 0.15) is 47.2 Å². The van der Waals surface area contributed by atoms with E-state index in [1.165, 1.54) is 133 Å². The number of hydrogen-bond acceptors (Lipinski definition) is 19. The lowest BCUT2D eigenvalue weighted by Gasteiger charge is -2.22. The molecule has 18 N–H and O–H groups in total. The summed E-state index contributed by atoms with van der Waals surface area (Å²) in [6.07, 6.45) is 5.33. The number of ether oxygens (including phenoxy) is 5. The minimum atomic E-state index is -1.20. The first-order valence-electron chi connectivity index (χ1n) is 30.7. The normalized spacial score (nSPS) is 12.1. The number of hydrogen-bond donors (Lipinski definition) is 13. The first-order valence-corrected chi connectivity index (χ1v) is 30.7. The van der Waals surface area contributed by atoms with Crippen LogP contribution >= 0.6 is 0 Å². The molecule has 0 saturated carbocycles. The van der Waals surface area contributed by atoms with Crippen molar-refractivity contribution in [2.45, 2.75) is 108 Å². The molecule has 9 amide bonds. The van der Waals surface area contributed by atoms with Crippen LogP contribution in [0.2, 0.25) is 0 Å². The van der Waals surface area contributed by atoms with Crippen molar-refractivity contribution in [3.63, 3.8) is 0 Å². The van der Waals surface area contributed by atoms with Gasteiger partial charge in [0.25, 0.3) is 29.5 Å². The summed E-state index contributed by atoms with van der Waals surface area (Å²) >= 11 is 0. The van der Waals surface area contributed by atoms with Gasteiger partial charge in [-0.15, -0.1) is 0 Å². The average molecular weight is 1300 g/mol. The summed E-state index contributed by atoms with van der Waals surface area (Å²) in [5.74, 6) is -6.39. The van der Waals surface area contributed by atoms with Gasteiger partial charge >= 0.3 is 5.97 Å². The maximum atomic E-state index is 14.4. The second-order valence-corrected chi connectivity index (χ2v) is 21.6. The summed E-state index contributed by atoms with van der Waals surface area (Å²) in [4.78, 5) is 137. The molecule has 94 heavy (non-hydrogen) atoms. The van der Waals surface area contributed by atoms with E-state index in [4.69, 9.17) is 52.4 Å². The molecular weight excluding hydrogens is 1210 g/mol. The molecule has 0 unspecified atom stereocenters. The van der Waals surface area contributed by atoms with Crippen LogP contribution < -0.4 is 90.2 Å². The molecule has 28 nitrogen and oxygen atoms in total. The van der Waals surface area contributed by atoms with Gasteiger partial charge in [0.05, 0.1) is 63.4 Å². The largest absolute Gasteiger partial charge is 0.496 e. The summed E-state index contributed by atoms with van der Waals surface area (Å²) in [5.41, 5.74) is 29.4. The van der Waals surface area contributed by atoms with Gasteiger partial charge in [0.2, 0.25) is 23.6 Å². The van der Waals surface area contributed by atoms with E-state index in [9.17, 15) is 47.9 Å². The Balaban J connectivity index is 1.34. The zero-order valence-electron chi connectivity index (χ0n) is 53.6. The van der Waals surface area contributed by atoms with Crippen LogP contribution in [0.15, 0.2) is 97.1 Å². The standard InChI is InChI=1S/C66H87N13O15/c1-90-53-26-22-41(35-45(53)57(71)80)72-63(86)50(18-7-6-11-30-67)77-59(82)46-37-43(24-28-54(46)91-2)74-64(87)52(21-10-14-33-70)79-61(84)48-38-44(25-29-56(48)93-4)75-65(88)51(20-9-13-32-69)78-60(83)47-36-42(23-27-55(47)92-3)73-62(85)49(19-8-12-31-68)76-58(81)39-16-15-17-40(34-39)66(89)94-5/h15-17,22-29,34-38,49-52H,6-14,18-21,30-33,67-70H2,1-5H3,(H2,71,80)(H,72,86)(H,73,85)(H,74,87)(H,75,88)(H,76,81)(H,77,82)(H,78,83)(H,79,84)/t49-,50-,51-,52-/m0/s1. The second-order valence-electron chi connectivity index (χ2n) is 21.6. The number of primary amides is 1. The number of rotatable bonds is 39. The fourth-order valence-electron chi connectivity index (χ4n) is 9.86. The van der Waals surface area contributed by atoms with Gasteiger partial charge in [0.15, 0.2) is 0 Å². The molecule has 0 spiro atoms. The second kappa shape index (κ2) is 38.6. The molecule has 0 aliphatic rings. The molecule has 0 aromatic heterocycles. The van der Waals surface area contributed by atoms with Crippen LogP contribution in [-0.2, 0) is 23.9 Å². The number of esters is 1. The number of carbonyl (C=O) groups excluding carboxylic acids is 10. The number of anilines is 4. The van der Waals surface area contributed by atoms with Gasteiger partial charge in [-0.25, -0.2) is 4.79 Å². The lowest BCUT2D eigenvalue weighted by molar-refractivity contribution is -0.118. The SMILES string of the molecule is COC(=O)c1cccc(C(=O)N[C@@H](CCCCN)C(=O)Nc2ccc(OC)c(C(=O)N[C@@H](CCCCN)C(=O)Nc3ccc(OC)c(C(=O)N[C@@H](CCCCN)C(=O)Nc4ccc(OC)c(C(=O)N[C@@H](CCCCCN)C(=O)Nc5ccc(OC)c(C(N)=O)c5)c4)c3)c2)c1. The van der Waals surface area contributed by atoms with Crippen molar-refractivity contribution < 1.29 is 71.6 Å². The van der Waals surface area contributed by atoms with Crippen LogP contribution in [0, 0.1) is 0 Å². The van der Waals surface area contributed by atoms with Crippen molar-refractivity contribution >= 4 is 81.9 Å². The zero-order chi connectivity index (χ0) is 68.7. The van der Waals surface area contributed by atoms with Crippen molar-refractivity contribution in [2.75, 3.05) is 83.0 Å². The molecule has 0 heterocycles. The van der Waals surface area contributed by atoms with Crippen LogP contribution in [0.5, 0.6) is 23.0 Å². The fraction of sp³-hybridized carbons (Fsp3) is 0.394. The molecule has 5 rings (SSSR count). The van der Waals surface area contributed by atoms with Crippen LogP contribution in [0.4, 0.5) is 22.7 Å². The highest BCUT2D eigenvalue weighted by Crippen LogP contribution is 2.29. The summed E-state index contributed by atoms with van der Waals surface area (Å²) in [7, 11) is 6.60. The highest BCUT2D eigenvalue weighted by molar-refractivity contribution is 6.08. The molecule has 5 aromatic rings. The van der Waals surface area contributed by atoms with Crippen LogP contribution in [0.25, 0.3) is 0 Å². The number of carbonyl (C=O) groups is 10. The van der Waals surface area contributed by atoms with Gasteiger partial charge in [0, 0.05) is 28.3 Å².